The van der Waals surface area contributed by atoms with Crippen LogP contribution in [0.25, 0.3) is 22.0 Å². The Morgan fingerprint density at radius 1 is 1.03 bits per heavy atom. The van der Waals surface area contributed by atoms with Gasteiger partial charge in [0, 0.05) is 24.2 Å². The molecule has 0 radical (unpaired) electrons. The summed E-state index contributed by atoms with van der Waals surface area (Å²) in [5.74, 6) is 0.326. The van der Waals surface area contributed by atoms with Crippen molar-refractivity contribution in [3.8, 4) is 11.3 Å². The lowest BCUT2D eigenvalue weighted by atomic mass is 9.95. The highest BCUT2D eigenvalue weighted by Crippen LogP contribution is 2.26. The zero-order valence-electron chi connectivity index (χ0n) is 20.4. The minimum absolute atomic E-state index is 0.0307. The van der Waals surface area contributed by atoms with Crippen LogP contribution in [0.1, 0.15) is 32.1 Å². The fraction of sp³-hybridized carbons (Fsp3) is 0.250. The number of benzene rings is 3. The Labute approximate surface area is 210 Å². The molecule has 1 saturated heterocycles. The fourth-order valence-corrected chi connectivity index (χ4v) is 4.76. The molecule has 3 unspecified atom stereocenters. The minimum atomic E-state index is -0.582. The monoisotopic (exact) mass is 482 g/mol. The molecule has 0 aliphatic carbocycles. The summed E-state index contributed by atoms with van der Waals surface area (Å²) in [7, 11) is 0. The molecule has 36 heavy (non-hydrogen) atoms. The normalized spacial score (nSPS) is 19.6. The van der Waals surface area contributed by atoms with Gasteiger partial charge in [-0.05, 0) is 29.7 Å². The lowest BCUT2D eigenvalue weighted by Gasteiger charge is -2.35. The van der Waals surface area contributed by atoms with Gasteiger partial charge in [-0.1, -0.05) is 79.7 Å². The number of nitrogens with one attached hydrogen (secondary N) is 4. The Balaban J connectivity index is 1.38. The summed E-state index contributed by atoms with van der Waals surface area (Å²) in [6.07, 6.45) is 0.157. The summed E-state index contributed by atoms with van der Waals surface area (Å²) in [6, 6.07) is 25.3. The molecule has 2 heterocycles. The van der Waals surface area contributed by atoms with E-state index in [0.29, 0.717) is 18.1 Å². The van der Waals surface area contributed by atoms with Crippen LogP contribution in [-0.2, 0) is 11.3 Å². The highest BCUT2D eigenvalue weighted by atomic mass is 16.2. The molecule has 0 spiro atoms. The van der Waals surface area contributed by atoms with Crippen molar-refractivity contribution in [3.63, 3.8) is 0 Å². The lowest BCUT2D eigenvalue weighted by molar-refractivity contribution is -0.130. The number of urea groups is 1. The molecule has 3 amide bonds. The zero-order chi connectivity index (χ0) is 25.1. The molecule has 8 nitrogen and oxygen atoms in total. The van der Waals surface area contributed by atoms with E-state index in [1.165, 1.54) is 0 Å². The highest BCUT2D eigenvalue weighted by molar-refractivity contribution is 5.90. The number of amides is 3. The highest BCUT2D eigenvalue weighted by Gasteiger charge is 2.34. The van der Waals surface area contributed by atoms with Crippen LogP contribution in [0.15, 0.2) is 78.9 Å². The van der Waals surface area contributed by atoms with Gasteiger partial charge in [0.1, 0.15) is 5.82 Å². The van der Waals surface area contributed by atoms with Crippen molar-refractivity contribution >= 4 is 28.5 Å². The molecule has 3 aromatic carbocycles. The summed E-state index contributed by atoms with van der Waals surface area (Å²) in [4.78, 5) is 25.7. The molecular weight excluding hydrogens is 452 g/mol. The van der Waals surface area contributed by atoms with E-state index in [1.807, 2.05) is 80.6 Å². The smallest absolute Gasteiger partial charge is 0.320 e. The predicted octanol–water partition coefficient (Wildman–Crippen LogP) is 4.62. The number of carbonyl (C=O) groups excluding carboxylic acids is 2. The Morgan fingerprint density at radius 3 is 2.56 bits per heavy atom. The van der Waals surface area contributed by atoms with Gasteiger partial charge in [0.2, 0.25) is 5.91 Å². The van der Waals surface area contributed by atoms with Gasteiger partial charge in [0.25, 0.3) is 0 Å². The molecule has 1 aliphatic heterocycles. The molecular formula is C28H30N6O2. The van der Waals surface area contributed by atoms with Crippen molar-refractivity contribution in [1.82, 2.24) is 25.7 Å². The molecule has 1 aromatic heterocycles. The molecule has 1 fully saturated rings. The predicted molar refractivity (Wildman–Crippen MR) is 141 cm³/mol. The Hall–Kier alpha value is -4.17. The third-order valence-electron chi connectivity index (χ3n) is 6.69. The standard InChI is InChI=1S/C28H30N6O2/c1-3-22-18(2)30-27(32-26(22)35)34-25(16-24(33-34)20-11-5-4-6-12-20)31-28(36)29-17-21-14-9-13-19-10-7-8-15-23(19)21/h4-16,18,22,27,30H,3,17H2,1-2H3,(H,32,35)(H2,29,31,36). The van der Waals surface area contributed by atoms with Crippen LogP contribution in [0.4, 0.5) is 10.6 Å². The summed E-state index contributed by atoms with van der Waals surface area (Å²) in [5, 5.41) is 19.3. The number of nitrogens with zero attached hydrogens (tertiary/aromatic N) is 2. The van der Waals surface area contributed by atoms with E-state index in [4.69, 9.17) is 5.10 Å². The Morgan fingerprint density at radius 2 is 1.78 bits per heavy atom. The van der Waals surface area contributed by atoms with Gasteiger partial charge in [0.15, 0.2) is 6.29 Å². The van der Waals surface area contributed by atoms with Crippen LogP contribution >= 0.6 is 0 Å². The van der Waals surface area contributed by atoms with Crippen LogP contribution in [0, 0.1) is 5.92 Å². The summed E-state index contributed by atoms with van der Waals surface area (Å²) in [6.45, 7) is 4.36. The number of aromatic nitrogens is 2. The number of rotatable bonds is 6. The first kappa shape index (κ1) is 23.6. The zero-order valence-corrected chi connectivity index (χ0v) is 20.4. The van der Waals surface area contributed by atoms with Crippen LogP contribution in [0.3, 0.4) is 0 Å². The van der Waals surface area contributed by atoms with Crippen molar-refractivity contribution in [2.75, 3.05) is 5.32 Å². The molecule has 0 saturated carbocycles. The van der Waals surface area contributed by atoms with E-state index < -0.39 is 6.29 Å². The molecule has 1 aliphatic rings. The first-order valence-electron chi connectivity index (χ1n) is 12.3. The average molecular weight is 483 g/mol. The maximum absolute atomic E-state index is 13.0. The number of hydrogen-bond donors (Lipinski definition) is 4. The maximum atomic E-state index is 13.0. The Kier molecular flexibility index (Phi) is 6.69. The molecule has 8 heteroatoms. The first-order chi connectivity index (χ1) is 17.5. The molecule has 4 aromatic rings. The first-order valence-corrected chi connectivity index (χ1v) is 12.3. The number of anilines is 1. The molecule has 5 rings (SSSR count). The molecule has 4 N–H and O–H groups in total. The van der Waals surface area contributed by atoms with E-state index in [1.54, 1.807) is 4.68 Å². The number of carbonyl (C=O) groups is 2. The fourth-order valence-electron chi connectivity index (χ4n) is 4.76. The van der Waals surface area contributed by atoms with Crippen molar-refractivity contribution in [2.45, 2.75) is 39.1 Å². The number of fused-ring (bicyclic) bond motifs is 1. The van der Waals surface area contributed by atoms with Crippen molar-refractivity contribution in [2.24, 2.45) is 5.92 Å². The largest absolute Gasteiger partial charge is 0.334 e. The third kappa shape index (κ3) is 4.81. The third-order valence-corrected chi connectivity index (χ3v) is 6.69. The van der Waals surface area contributed by atoms with Crippen LogP contribution in [-0.4, -0.2) is 27.8 Å². The lowest BCUT2D eigenvalue weighted by Crippen LogP contribution is -2.57. The summed E-state index contributed by atoms with van der Waals surface area (Å²) >= 11 is 0. The summed E-state index contributed by atoms with van der Waals surface area (Å²) < 4.78 is 1.63. The number of hydrogen-bond acceptors (Lipinski definition) is 4. The second kappa shape index (κ2) is 10.2. The van der Waals surface area contributed by atoms with Gasteiger partial charge in [-0.2, -0.15) is 5.10 Å². The van der Waals surface area contributed by atoms with Crippen LogP contribution < -0.4 is 21.3 Å². The van der Waals surface area contributed by atoms with E-state index in [0.717, 1.165) is 28.3 Å². The van der Waals surface area contributed by atoms with Gasteiger partial charge >= 0.3 is 6.03 Å². The van der Waals surface area contributed by atoms with Gasteiger partial charge < -0.3 is 10.6 Å². The second-order valence-electron chi connectivity index (χ2n) is 9.05. The van der Waals surface area contributed by atoms with E-state index >= 15 is 0 Å². The van der Waals surface area contributed by atoms with Crippen molar-refractivity contribution in [3.05, 3.63) is 84.4 Å². The minimum Gasteiger partial charge on any atom is -0.334 e. The Bertz CT molecular complexity index is 1380. The quantitative estimate of drug-likeness (QED) is 0.322. The average Bonchev–Trinajstić information content (AvgIpc) is 3.31. The van der Waals surface area contributed by atoms with Crippen molar-refractivity contribution in [1.29, 1.82) is 0 Å². The SMILES string of the molecule is CCC1C(=O)NC(n2nc(-c3ccccc3)cc2NC(=O)NCc2cccc3ccccc23)NC1C. The van der Waals surface area contributed by atoms with Crippen LogP contribution in [0.5, 0.6) is 0 Å². The van der Waals surface area contributed by atoms with Gasteiger partial charge in [-0.15, -0.1) is 0 Å². The van der Waals surface area contributed by atoms with E-state index in [-0.39, 0.29) is 23.9 Å². The molecule has 3 atom stereocenters. The van der Waals surface area contributed by atoms with E-state index in [9.17, 15) is 9.59 Å². The molecule has 184 valence electrons. The summed E-state index contributed by atoms with van der Waals surface area (Å²) in [5.41, 5.74) is 2.64. The van der Waals surface area contributed by atoms with Gasteiger partial charge in [-0.3, -0.25) is 15.4 Å². The maximum Gasteiger partial charge on any atom is 0.320 e. The second-order valence-corrected chi connectivity index (χ2v) is 9.05. The topological polar surface area (TPSA) is 100 Å². The molecule has 0 bridgehead atoms. The van der Waals surface area contributed by atoms with Gasteiger partial charge in [-0.25, -0.2) is 9.48 Å². The van der Waals surface area contributed by atoms with Gasteiger partial charge in [0.05, 0.1) is 11.6 Å². The van der Waals surface area contributed by atoms with Crippen molar-refractivity contribution < 1.29 is 9.59 Å². The van der Waals surface area contributed by atoms with Crippen LogP contribution in [0.2, 0.25) is 0 Å². The van der Waals surface area contributed by atoms with E-state index in [2.05, 4.69) is 33.4 Å².